The summed E-state index contributed by atoms with van der Waals surface area (Å²) in [5.74, 6) is 1.38. The Labute approximate surface area is 147 Å². The van der Waals surface area contributed by atoms with Crippen LogP contribution in [0.1, 0.15) is 22.0 Å². The largest absolute Gasteiger partial charge is 0.497 e. The topological polar surface area (TPSA) is 66.0 Å². The fraction of sp³-hybridized carbons (Fsp3) is 0.316. The fourth-order valence-corrected chi connectivity index (χ4v) is 2.53. The number of hydrogen-bond acceptors (Lipinski definition) is 5. The minimum absolute atomic E-state index is 0.263. The second-order valence-electron chi connectivity index (χ2n) is 5.25. The highest BCUT2D eigenvalue weighted by molar-refractivity contribution is 5.97. The molecule has 6 heteroatoms. The third kappa shape index (κ3) is 4.42. The van der Waals surface area contributed by atoms with Gasteiger partial charge < -0.3 is 24.3 Å². The molecule has 0 saturated heterocycles. The van der Waals surface area contributed by atoms with Crippen LogP contribution in [0.25, 0.3) is 0 Å². The average Bonchev–Trinajstić information content (AvgIpc) is 2.67. The van der Waals surface area contributed by atoms with Gasteiger partial charge in [0, 0.05) is 13.7 Å². The molecular weight excluding hydrogens is 322 g/mol. The highest BCUT2D eigenvalue weighted by atomic mass is 16.5. The lowest BCUT2D eigenvalue weighted by molar-refractivity contribution is 0.0824. The summed E-state index contributed by atoms with van der Waals surface area (Å²) in [6, 6.07) is 12.7. The molecule has 2 aromatic carbocycles. The maximum atomic E-state index is 12.5. The van der Waals surface area contributed by atoms with Gasteiger partial charge in [0.05, 0.1) is 33.0 Å². The first-order chi connectivity index (χ1) is 12.1. The van der Waals surface area contributed by atoms with Crippen molar-refractivity contribution in [2.75, 3.05) is 35.0 Å². The van der Waals surface area contributed by atoms with E-state index in [0.717, 1.165) is 11.3 Å². The van der Waals surface area contributed by atoms with Gasteiger partial charge in [-0.05, 0) is 29.8 Å². The predicted octanol–water partition coefficient (Wildman–Crippen LogP) is 2.83. The van der Waals surface area contributed by atoms with Crippen molar-refractivity contribution in [3.8, 4) is 17.2 Å². The normalized spacial score (nSPS) is 11.5. The third-order valence-electron chi connectivity index (χ3n) is 3.85. The van der Waals surface area contributed by atoms with Gasteiger partial charge in [0.25, 0.3) is 5.91 Å². The van der Waals surface area contributed by atoms with Crippen molar-refractivity contribution in [3.05, 3.63) is 53.6 Å². The first-order valence-corrected chi connectivity index (χ1v) is 7.80. The lowest BCUT2D eigenvalue weighted by atomic mass is 10.1. The van der Waals surface area contributed by atoms with Gasteiger partial charge in [-0.1, -0.05) is 18.2 Å². The molecule has 0 aliphatic rings. The van der Waals surface area contributed by atoms with Crippen LogP contribution in [0.4, 0.5) is 0 Å². The van der Waals surface area contributed by atoms with Gasteiger partial charge in [0.1, 0.15) is 5.75 Å². The maximum absolute atomic E-state index is 12.5. The minimum atomic E-state index is -0.296. The Balaban J connectivity index is 2.12. The number of carbonyl (C=O) groups is 1. The lowest BCUT2D eigenvalue weighted by Crippen LogP contribution is -2.29. The predicted molar refractivity (Wildman–Crippen MR) is 94.6 cm³/mol. The Kier molecular flexibility index (Phi) is 6.65. The molecule has 0 saturated carbocycles. The van der Waals surface area contributed by atoms with Gasteiger partial charge in [-0.3, -0.25) is 4.79 Å². The molecule has 1 amide bonds. The van der Waals surface area contributed by atoms with E-state index in [0.29, 0.717) is 23.6 Å². The Morgan fingerprint density at radius 3 is 2.40 bits per heavy atom. The van der Waals surface area contributed by atoms with Gasteiger partial charge in [0.2, 0.25) is 0 Å². The molecule has 0 bridgehead atoms. The molecule has 0 aliphatic carbocycles. The van der Waals surface area contributed by atoms with Crippen molar-refractivity contribution in [1.29, 1.82) is 0 Å². The van der Waals surface area contributed by atoms with E-state index >= 15 is 0 Å². The lowest BCUT2D eigenvalue weighted by Gasteiger charge is -2.18. The van der Waals surface area contributed by atoms with Gasteiger partial charge >= 0.3 is 0 Å². The molecule has 25 heavy (non-hydrogen) atoms. The molecule has 0 heterocycles. The van der Waals surface area contributed by atoms with Gasteiger partial charge in [-0.25, -0.2) is 0 Å². The Bertz CT molecular complexity index is 717. The summed E-state index contributed by atoms with van der Waals surface area (Å²) in [5.41, 5.74) is 1.32. The number of hydrogen-bond donors (Lipinski definition) is 1. The van der Waals surface area contributed by atoms with E-state index in [1.807, 2.05) is 24.3 Å². The van der Waals surface area contributed by atoms with E-state index in [4.69, 9.17) is 18.9 Å². The summed E-state index contributed by atoms with van der Waals surface area (Å²) in [5, 5.41) is 2.87. The van der Waals surface area contributed by atoms with Crippen molar-refractivity contribution in [3.63, 3.8) is 0 Å². The number of carbonyl (C=O) groups excluding carboxylic acids is 1. The maximum Gasteiger partial charge on any atom is 0.255 e. The first kappa shape index (κ1) is 18.6. The summed E-state index contributed by atoms with van der Waals surface area (Å²) in [6.07, 6.45) is -0.296. The van der Waals surface area contributed by atoms with Gasteiger partial charge in [0.15, 0.2) is 11.5 Å². The fourth-order valence-electron chi connectivity index (χ4n) is 2.53. The molecule has 1 unspecified atom stereocenters. The van der Waals surface area contributed by atoms with Crippen molar-refractivity contribution >= 4 is 5.91 Å². The number of amides is 1. The van der Waals surface area contributed by atoms with Crippen molar-refractivity contribution in [2.24, 2.45) is 0 Å². The smallest absolute Gasteiger partial charge is 0.255 e. The summed E-state index contributed by atoms with van der Waals surface area (Å²) in [7, 11) is 6.24. The zero-order valence-electron chi connectivity index (χ0n) is 14.9. The molecular formula is C19H23NO5. The summed E-state index contributed by atoms with van der Waals surface area (Å²) in [6.45, 7) is 0.308. The number of nitrogens with one attached hydrogen (secondary N) is 1. The van der Waals surface area contributed by atoms with Gasteiger partial charge in [-0.2, -0.15) is 0 Å². The molecule has 0 fully saturated rings. The second-order valence-corrected chi connectivity index (χ2v) is 5.25. The third-order valence-corrected chi connectivity index (χ3v) is 3.85. The van der Waals surface area contributed by atoms with Crippen LogP contribution < -0.4 is 19.5 Å². The summed E-state index contributed by atoms with van der Waals surface area (Å²) < 4.78 is 21.3. The Morgan fingerprint density at radius 1 is 1.00 bits per heavy atom. The minimum Gasteiger partial charge on any atom is -0.497 e. The van der Waals surface area contributed by atoms with Crippen LogP contribution in [0.5, 0.6) is 17.2 Å². The molecule has 0 aromatic heterocycles. The Morgan fingerprint density at radius 2 is 1.76 bits per heavy atom. The van der Waals surface area contributed by atoms with Gasteiger partial charge in [-0.15, -0.1) is 0 Å². The summed E-state index contributed by atoms with van der Waals surface area (Å²) >= 11 is 0. The molecule has 0 aliphatic heterocycles. The standard InChI is InChI=1S/C19H23NO5/c1-22-14-8-5-7-13(11-14)17(24-3)12-20-19(21)15-9-6-10-16(23-2)18(15)25-4/h5-11,17H,12H2,1-4H3,(H,20,21). The number of methoxy groups -OCH3 is 4. The molecule has 6 nitrogen and oxygen atoms in total. The number of benzene rings is 2. The van der Waals surface area contributed by atoms with E-state index in [1.165, 1.54) is 14.2 Å². The van der Waals surface area contributed by atoms with E-state index in [1.54, 1.807) is 32.4 Å². The molecule has 134 valence electrons. The zero-order valence-corrected chi connectivity index (χ0v) is 14.9. The van der Waals surface area contributed by atoms with Crippen LogP contribution in [0, 0.1) is 0 Å². The second kappa shape index (κ2) is 8.94. The summed E-state index contributed by atoms with van der Waals surface area (Å²) in [4.78, 5) is 12.5. The molecule has 0 spiro atoms. The highest BCUT2D eigenvalue weighted by Gasteiger charge is 2.18. The van der Waals surface area contributed by atoms with E-state index in [-0.39, 0.29) is 12.0 Å². The average molecular weight is 345 g/mol. The monoisotopic (exact) mass is 345 g/mol. The van der Waals surface area contributed by atoms with E-state index in [9.17, 15) is 4.79 Å². The molecule has 1 N–H and O–H groups in total. The van der Waals surface area contributed by atoms with Crippen LogP contribution in [0.15, 0.2) is 42.5 Å². The molecule has 1 atom stereocenters. The van der Waals surface area contributed by atoms with Crippen molar-refractivity contribution in [2.45, 2.75) is 6.10 Å². The van der Waals surface area contributed by atoms with Crippen LogP contribution >= 0.6 is 0 Å². The SMILES string of the molecule is COc1cccc(C(CNC(=O)c2cccc(OC)c2OC)OC)c1. The molecule has 2 aromatic rings. The van der Waals surface area contributed by atoms with Crippen LogP contribution in [-0.2, 0) is 4.74 Å². The molecule has 2 rings (SSSR count). The number of ether oxygens (including phenoxy) is 4. The van der Waals surface area contributed by atoms with Crippen LogP contribution in [0.2, 0.25) is 0 Å². The van der Waals surface area contributed by atoms with Crippen LogP contribution in [0.3, 0.4) is 0 Å². The zero-order chi connectivity index (χ0) is 18.2. The number of rotatable bonds is 8. The van der Waals surface area contributed by atoms with Crippen molar-refractivity contribution in [1.82, 2.24) is 5.32 Å². The van der Waals surface area contributed by atoms with Crippen LogP contribution in [-0.4, -0.2) is 40.9 Å². The Hall–Kier alpha value is -2.73. The quantitative estimate of drug-likeness (QED) is 0.797. The van der Waals surface area contributed by atoms with Crippen molar-refractivity contribution < 1.29 is 23.7 Å². The van der Waals surface area contributed by atoms with E-state index < -0.39 is 0 Å². The highest BCUT2D eigenvalue weighted by Crippen LogP contribution is 2.30. The molecule has 0 radical (unpaired) electrons. The van der Waals surface area contributed by atoms with E-state index in [2.05, 4.69) is 5.32 Å². The number of para-hydroxylation sites is 1. The first-order valence-electron chi connectivity index (χ1n) is 7.80.